The molecule has 0 aromatic heterocycles. The van der Waals surface area contributed by atoms with E-state index in [1.165, 1.54) is 6.04 Å². The van der Waals surface area contributed by atoms with Gasteiger partial charge < -0.3 is 4.43 Å². The van der Waals surface area contributed by atoms with Crippen LogP contribution in [0.3, 0.4) is 0 Å². The van der Waals surface area contributed by atoms with Gasteiger partial charge in [0.1, 0.15) is 0 Å². The number of rotatable bonds is 4. The van der Waals surface area contributed by atoms with Crippen LogP contribution < -0.4 is 0 Å². The van der Waals surface area contributed by atoms with E-state index in [4.69, 9.17) is 4.43 Å². The predicted octanol–water partition coefficient (Wildman–Crippen LogP) is 1.43. The molecule has 0 aliphatic heterocycles. The monoisotopic (exact) mass is 146 g/mol. The second-order valence-corrected chi connectivity index (χ2v) is 4.57. The highest BCUT2D eigenvalue weighted by atomic mass is 28.2. The Kier molecular flexibility index (Phi) is 5.10. The first-order valence-corrected chi connectivity index (χ1v) is 5.25. The fourth-order valence-corrected chi connectivity index (χ4v) is 1.91. The summed E-state index contributed by atoms with van der Waals surface area (Å²) in [5.74, 6) is 1.68. The maximum absolute atomic E-state index is 5.10. The molecule has 0 fully saturated rings. The fourth-order valence-electron chi connectivity index (χ4n) is 0.637. The van der Waals surface area contributed by atoms with Crippen LogP contribution in [0.4, 0.5) is 0 Å². The van der Waals surface area contributed by atoms with Crippen molar-refractivity contribution in [1.29, 1.82) is 0 Å². The van der Waals surface area contributed by atoms with Gasteiger partial charge in [-0.1, -0.05) is 20.8 Å². The Morgan fingerprint density at radius 2 is 1.89 bits per heavy atom. The lowest BCUT2D eigenvalue weighted by Gasteiger charge is -2.13. The van der Waals surface area contributed by atoms with E-state index in [-0.39, 0.29) is 9.76 Å². The van der Waals surface area contributed by atoms with E-state index in [0.29, 0.717) is 0 Å². The molecule has 1 unspecified atom stereocenters. The zero-order valence-corrected chi connectivity index (χ0v) is 8.39. The average Bonchev–Trinajstić information content (AvgIpc) is 1.82. The quantitative estimate of drug-likeness (QED) is 0.545. The van der Waals surface area contributed by atoms with E-state index in [2.05, 4.69) is 20.8 Å². The molecule has 0 spiro atoms. The van der Waals surface area contributed by atoms with Gasteiger partial charge in [-0.25, -0.2) is 0 Å². The van der Waals surface area contributed by atoms with E-state index in [1.54, 1.807) is 0 Å². The molecule has 0 aromatic rings. The molecule has 0 heterocycles. The largest absolute Gasteiger partial charge is 0.427 e. The first-order valence-electron chi connectivity index (χ1n) is 3.67. The minimum Gasteiger partial charge on any atom is -0.427 e. The number of hydrogen-bond donors (Lipinski definition) is 0. The average molecular weight is 146 g/mol. The van der Waals surface area contributed by atoms with Gasteiger partial charge in [0.2, 0.25) is 0 Å². The number of hydrogen-bond acceptors (Lipinski definition) is 1. The van der Waals surface area contributed by atoms with Crippen LogP contribution in [0.5, 0.6) is 0 Å². The summed E-state index contributed by atoms with van der Waals surface area (Å²) >= 11 is 0. The molecule has 0 aromatic carbocycles. The third-order valence-corrected chi connectivity index (χ3v) is 3.47. The van der Waals surface area contributed by atoms with Crippen molar-refractivity contribution in [3.8, 4) is 0 Å². The van der Waals surface area contributed by atoms with Crippen LogP contribution in [0, 0.1) is 11.8 Å². The predicted molar refractivity (Wildman–Crippen MR) is 44.4 cm³/mol. The molecule has 0 aliphatic rings. The van der Waals surface area contributed by atoms with Gasteiger partial charge in [-0.05, 0) is 17.9 Å². The normalized spacial score (nSPS) is 15.7. The summed E-state index contributed by atoms with van der Waals surface area (Å²) < 4.78 is 5.10. The molecule has 0 radical (unpaired) electrons. The fraction of sp³-hybridized carbons (Fsp3) is 1.00. The van der Waals surface area contributed by atoms with Gasteiger partial charge in [-0.15, -0.1) is 0 Å². The van der Waals surface area contributed by atoms with Gasteiger partial charge in [0.15, 0.2) is 9.76 Å². The Morgan fingerprint density at radius 3 is 2.22 bits per heavy atom. The van der Waals surface area contributed by atoms with Crippen molar-refractivity contribution < 1.29 is 4.43 Å². The third kappa shape index (κ3) is 4.67. The first-order chi connectivity index (χ1) is 4.18. The van der Waals surface area contributed by atoms with E-state index >= 15 is 0 Å². The summed E-state index contributed by atoms with van der Waals surface area (Å²) in [5.41, 5.74) is 0. The van der Waals surface area contributed by atoms with Crippen LogP contribution in [0.25, 0.3) is 0 Å². The van der Waals surface area contributed by atoms with Gasteiger partial charge in [0.25, 0.3) is 0 Å². The van der Waals surface area contributed by atoms with Gasteiger partial charge in [-0.2, -0.15) is 0 Å². The Labute approximate surface area is 60.7 Å². The maximum atomic E-state index is 5.10. The van der Waals surface area contributed by atoms with E-state index < -0.39 is 0 Å². The molecule has 0 amide bonds. The Bertz CT molecular complexity index is 63.9. The maximum Gasteiger partial charge on any atom is 0.161 e. The van der Waals surface area contributed by atoms with Crippen LogP contribution in [-0.4, -0.2) is 16.9 Å². The molecule has 0 N–H and O–H groups in total. The summed E-state index contributed by atoms with van der Waals surface area (Å²) in [6.45, 7) is 6.85. The topological polar surface area (TPSA) is 9.23 Å². The second kappa shape index (κ2) is 5.00. The smallest absolute Gasteiger partial charge is 0.161 e. The van der Waals surface area contributed by atoms with Gasteiger partial charge >= 0.3 is 0 Å². The summed E-state index contributed by atoms with van der Waals surface area (Å²) in [4.78, 5) is 0. The molecule has 0 bridgehead atoms. The summed E-state index contributed by atoms with van der Waals surface area (Å²) in [6, 6.07) is 1.33. The Morgan fingerprint density at radius 1 is 1.33 bits per heavy atom. The zero-order chi connectivity index (χ0) is 7.28. The molecular weight excluding hydrogens is 128 g/mol. The SMILES string of the molecule is CO[SiH2]CC(C)C(C)C. The minimum absolute atomic E-state index is 0.169. The van der Waals surface area contributed by atoms with Crippen molar-refractivity contribution in [1.82, 2.24) is 0 Å². The molecule has 0 aliphatic carbocycles. The van der Waals surface area contributed by atoms with E-state index in [1.807, 2.05) is 7.11 Å². The highest BCUT2D eigenvalue weighted by molar-refractivity contribution is 6.27. The summed E-state index contributed by atoms with van der Waals surface area (Å²) in [5, 5.41) is 0. The standard InChI is InChI=1S/C7H18OSi/c1-6(2)7(3)5-9-8-4/h6-7H,5,9H2,1-4H3. The zero-order valence-electron chi connectivity index (χ0n) is 6.98. The molecule has 0 rings (SSSR count). The van der Waals surface area contributed by atoms with Gasteiger partial charge in [-0.3, -0.25) is 0 Å². The molecular formula is C7H18OSi. The summed E-state index contributed by atoms with van der Waals surface area (Å²) in [6.07, 6.45) is 0. The highest BCUT2D eigenvalue weighted by Crippen LogP contribution is 2.13. The third-order valence-electron chi connectivity index (χ3n) is 1.92. The molecule has 0 saturated heterocycles. The van der Waals surface area contributed by atoms with Crippen molar-refractivity contribution in [2.75, 3.05) is 7.11 Å². The van der Waals surface area contributed by atoms with Gasteiger partial charge in [0.05, 0.1) is 0 Å². The molecule has 56 valence electrons. The highest BCUT2D eigenvalue weighted by Gasteiger charge is 2.05. The molecule has 9 heavy (non-hydrogen) atoms. The Hall–Kier alpha value is 0.177. The van der Waals surface area contributed by atoms with Crippen molar-refractivity contribution >= 4 is 9.76 Å². The van der Waals surface area contributed by atoms with Crippen molar-refractivity contribution in [2.24, 2.45) is 11.8 Å². The van der Waals surface area contributed by atoms with Crippen molar-refractivity contribution in [3.05, 3.63) is 0 Å². The minimum atomic E-state index is -0.169. The Balaban J connectivity index is 3.16. The van der Waals surface area contributed by atoms with Crippen LogP contribution in [0.2, 0.25) is 6.04 Å². The molecule has 2 heteroatoms. The summed E-state index contributed by atoms with van der Waals surface area (Å²) in [7, 11) is 1.65. The first kappa shape index (κ1) is 9.18. The molecule has 1 atom stereocenters. The second-order valence-electron chi connectivity index (χ2n) is 3.00. The van der Waals surface area contributed by atoms with Crippen LogP contribution >= 0.6 is 0 Å². The van der Waals surface area contributed by atoms with Crippen molar-refractivity contribution in [3.63, 3.8) is 0 Å². The lowest BCUT2D eigenvalue weighted by Crippen LogP contribution is -2.07. The van der Waals surface area contributed by atoms with Crippen LogP contribution in [-0.2, 0) is 4.43 Å². The molecule has 1 nitrogen and oxygen atoms in total. The molecule has 0 saturated carbocycles. The lowest BCUT2D eigenvalue weighted by molar-refractivity contribution is 0.404. The van der Waals surface area contributed by atoms with Crippen LogP contribution in [0.15, 0.2) is 0 Å². The van der Waals surface area contributed by atoms with E-state index in [9.17, 15) is 0 Å². The van der Waals surface area contributed by atoms with Crippen LogP contribution in [0.1, 0.15) is 20.8 Å². The lowest BCUT2D eigenvalue weighted by atomic mass is 10.0. The van der Waals surface area contributed by atoms with Crippen molar-refractivity contribution in [2.45, 2.75) is 26.8 Å². The van der Waals surface area contributed by atoms with Gasteiger partial charge in [0, 0.05) is 7.11 Å². The van der Waals surface area contributed by atoms with E-state index in [0.717, 1.165) is 11.8 Å².